The summed E-state index contributed by atoms with van der Waals surface area (Å²) in [6, 6.07) is 7.29. The van der Waals surface area contributed by atoms with E-state index in [1.807, 2.05) is 23.3 Å². The van der Waals surface area contributed by atoms with Crippen molar-refractivity contribution in [2.24, 2.45) is 0 Å². The molecule has 82 valence electrons. The smallest absolute Gasteiger partial charge is 0.153 e. The Hall–Kier alpha value is -1.09. The summed E-state index contributed by atoms with van der Waals surface area (Å²) in [5.41, 5.74) is 0.628. The number of benzene rings is 1. The van der Waals surface area contributed by atoms with Gasteiger partial charge in [0.25, 0.3) is 0 Å². The molecule has 0 amide bonds. The van der Waals surface area contributed by atoms with E-state index in [4.69, 9.17) is 4.84 Å². The predicted octanol–water partition coefficient (Wildman–Crippen LogP) is 2.94. The zero-order valence-electron chi connectivity index (χ0n) is 8.79. The third-order valence-electron chi connectivity index (χ3n) is 2.66. The zero-order chi connectivity index (χ0) is 10.5. The van der Waals surface area contributed by atoms with Crippen LogP contribution in [0.3, 0.4) is 0 Å². The number of nitrogens with zero attached hydrogens (tertiary/aromatic N) is 1. The lowest BCUT2D eigenvalue weighted by atomic mass is 10.2. The number of para-hydroxylation sites is 1. The fourth-order valence-electron chi connectivity index (χ4n) is 1.80. The number of rotatable bonds is 3. The third-order valence-corrected chi connectivity index (χ3v) is 2.66. The van der Waals surface area contributed by atoms with Crippen LogP contribution < -0.4 is 4.84 Å². The van der Waals surface area contributed by atoms with Crippen LogP contribution in [0.25, 0.3) is 0 Å². The van der Waals surface area contributed by atoms with Crippen LogP contribution in [-0.4, -0.2) is 18.2 Å². The Kier molecular flexibility index (Phi) is 3.56. The second-order valence-corrected chi connectivity index (χ2v) is 3.82. The van der Waals surface area contributed by atoms with E-state index in [2.05, 4.69) is 0 Å². The number of hydroxylamine groups is 2. The molecule has 0 unspecified atom stereocenters. The first-order chi connectivity index (χ1) is 7.40. The van der Waals surface area contributed by atoms with Crippen LogP contribution in [0.5, 0.6) is 5.75 Å². The van der Waals surface area contributed by atoms with Crippen LogP contribution in [0.2, 0.25) is 0 Å². The Morgan fingerprint density at radius 3 is 2.60 bits per heavy atom. The Bertz CT molecular complexity index is 310. The summed E-state index contributed by atoms with van der Waals surface area (Å²) < 4.78 is 12.6. The van der Waals surface area contributed by atoms with Crippen LogP contribution in [0, 0.1) is 0 Å². The number of halogens is 1. The molecule has 1 aromatic carbocycles. The molecule has 0 bridgehead atoms. The summed E-state index contributed by atoms with van der Waals surface area (Å²) >= 11 is 0. The van der Waals surface area contributed by atoms with Gasteiger partial charge in [0.2, 0.25) is 0 Å². The lowest BCUT2D eigenvalue weighted by molar-refractivity contribution is -0.0730. The molecule has 0 saturated carbocycles. The van der Waals surface area contributed by atoms with Crippen LogP contribution >= 0.6 is 0 Å². The standard InChI is InChI=1S/C12H16FNO/c13-10-11-6-2-3-7-12(11)15-14-8-4-1-5-9-14/h2-3,6-7H,1,4-5,8-10H2. The Morgan fingerprint density at radius 2 is 1.87 bits per heavy atom. The van der Waals surface area contributed by atoms with Crippen molar-refractivity contribution in [2.75, 3.05) is 13.1 Å². The summed E-state index contributed by atoms with van der Waals surface area (Å²) in [4.78, 5) is 5.67. The van der Waals surface area contributed by atoms with Gasteiger partial charge in [-0.3, -0.25) is 0 Å². The van der Waals surface area contributed by atoms with Crippen LogP contribution in [0.4, 0.5) is 4.39 Å². The average molecular weight is 209 g/mol. The molecule has 1 fully saturated rings. The lowest BCUT2D eigenvalue weighted by Crippen LogP contribution is -2.33. The Morgan fingerprint density at radius 1 is 1.13 bits per heavy atom. The highest BCUT2D eigenvalue weighted by atomic mass is 19.1. The van der Waals surface area contributed by atoms with E-state index in [1.54, 1.807) is 6.07 Å². The molecule has 2 rings (SSSR count). The molecule has 1 saturated heterocycles. The Labute approximate surface area is 89.6 Å². The zero-order valence-corrected chi connectivity index (χ0v) is 8.79. The molecule has 1 aliphatic heterocycles. The van der Waals surface area contributed by atoms with E-state index in [-0.39, 0.29) is 0 Å². The van der Waals surface area contributed by atoms with Gasteiger partial charge in [-0.2, -0.15) is 0 Å². The first-order valence-electron chi connectivity index (χ1n) is 5.47. The maximum Gasteiger partial charge on any atom is 0.153 e. The molecule has 0 spiro atoms. The summed E-state index contributed by atoms with van der Waals surface area (Å²) in [6.45, 7) is 1.42. The van der Waals surface area contributed by atoms with Crippen LogP contribution in [0.15, 0.2) is 24.3 Å². The molecular formula is C12H16FNO. The maximum atomic E-state index is 12.6. The summed E-state index contributed by atoms with van der Waals surface area (Å²) in [5.74, 6) is 0.655. The molecule has 1 aromatic rings. The van der Waals surface area contributed by atoms with Gasteiger partial charge >= 0.3 is 0 Å². The van der Waals surface area contributed by atoms with Crippen molar-refractivity contribution >= 4 is 0 Å². The van der Waals surface area contributed by atoms with E-state index < -0.39 is 6.67 Å². The monoisotopic (exact) mass is 209 g/mol. The molecule has 3 heteroatoms. The summed E-state index contributed by atoms with van der Waals surface area (Å²) in [5, 5.41) is 1.93. The highest BCUT2D eigenvalue weighted by Gasteiger charge is 2.13. The van der Waals surface area contributed by atoms with E-state index in [0.29, 0.717) is 11.3 Å². The number of piperidine rings is 1. The van der Waals surface area contributed by atoms with Crippen molar-refractivity contribution in [1.82, 2.24) is 5.06 Å². The molecule has 15 heavy (non-hydrogen) atoms. The van der Waals surface area contributed by atoms with Gasteiger partial charge in [0.05, 0.1) is 0 Å². The van der Waals surface area contributed by atoms with Crippen molar-refractivity contribution in [3.8, 4) is 5.75 Å². The first kappa shape index (κ1) is 10.4. The average Bonchev–Trinajstić information content (AvgIpc) is 2.31. The van der Waals surface area contributed by atoms with Crippen molar-refractivity contribution in [2.45, 2.75) is 25.9 Å². The molecule has 2 nitrogen and oxygen atoms in total. The molecule has 1 aliphatic rings. The van der Waals surface area contributed by atoms with Gasteiger partial charge in [-0.1, -0.05) is 24.6 Å². The maximum absolute atomic E-state index is 12.6. The van der Waals surface area contributed by atoms with Gasteiger partial charge < -0.3 is 4.84 Å². The topological polar surface area (TPSA) is 12.5 Å². The van der Waals surface area contributed by atoms with E-state index in [1.165, 1.54) is 6.42 Å². The minimum atomic E-state index is -0.468. The second kappa shape index (κ2) is 5.12. The van der Waals surface area contributed by atoms with Gasteiger partial charge in [0.15, 0.2) is 5.75 Å². The fourth-order valence-corrected chi connectivity index (χ4v) is 1.80. The van der Waals surface area contributed by atoms with E-state index in [0.717, 1.165) is 25.9 Å². The predicted molar refractivity (Wildman–Crippen MR) is 57.3 cm³/mol. The lowest BCUT2D eigenvalue weighted by Gasteiger charge is -2.26. The highest BCUT2D eigenvalue weighted by Crippen LogP contribution is 2.21. The quantitative estimate of drug-likeness (QED) is 0.759. The fraction of sp³-hybridized carbons (Fsp3) is 0.500. The third kappa shape index (κ3) is 2.69. The number of alkyl halides is 1. The molecule has 1 heterocycles. The minimum absolute atomic E-state index is 0.468. The van der Waals surface area contributed by atoms with Gasteiger partial charge in [-0.15, -0.1) is 5.06 Å². The van der Waals surface area contributed by atoms with Gasteiger partial charge in [-0.25, -0.2) is 4.39 Å². The molecule has 0 N–H and O–H groups in total. The normalized spacial score (nSPS) is 17.7. The van der Waals surface area contributed by atoms with E-state index >= 15 is 0 Å². The van der Waals surface area contributed by atoms with E-state index in [9.17, 15) is 4.39 Å². The van der Waals surface area contributed by atoms with Crippen LogP contribution in [-0.2, 0) is 6.67 Å². The van der Waals surface area contributed by atoms with Gasteiger partial charge in [0.1, 0.15) is 6.67 Å². The SMILES string of the molecule is FCc1ccccc1ON1CCCCC1. The van der Waals surface area contributed by atoms with Crippen molar-refractivity contribution in [1.29, 1.82) is 0 Å². The van der Waals surface area contributed by atoms with Crippen molar-refractivity contribution in [3.63, 3.8) is 0 Å². The van der Waals surface area contributed by atoms with Crippen molar-refractivity contribution < 1.29 is 9.23 Å². The first-order valence-corrected chi connectivity index (χ1v) is 5.47. The number of hydrogen-bond acceptors (Lipinski definition) is 2. The second-order valence-electron chi connectivity index (χ2n) is 3.82. The minimum Gasteiger partial charge on any atom is -0.406 e. The Balaban J connectivity index is 2.02. The molecule has 0 atom stereocenters. The molecule has 0 radical (unpaired) electrons. The van der Waals surface area contributed by atoms with Gasteiger partial charge in [0, 0.05) is 18.7 Å². The summed E-state index contributed by atoms with van der Waals surface area (Å²) in [7, 11) is 0. The van der Waals surface area contributed by atoms with Crippen molar-refractivity contribution in [3.05, 3.63) is 29.8 Å². The number of hydrogen-bond donors (Lipinski definition) is 0. The molecular weight excluding hydrogens is 193 g/mol. The largest absolute Gasteiger partial charge is 0.406 e. The van der Waals surface area contributed by atoms with Crippen LogP contribution in [0.1, 0.15) is 24.8 Å². The summed E-state index contributed by atoms with van der Waals surface area (Å²) in [6.07, 6.45) is 3.60. The molecule has 0 aliphatic carbocycles. The highest BCUT2D eigenvalue weighted by molar-refractivity contribution is 5.32. The molecule has 0 aromatic heterocycles. The van der Waals surface area contributed by atoms with Gasteiger partial charge in [-0.05, 0) is 18.9 Å².